The van der Waals surface area contributed by atoms with E-state index in [1.54, 1.807) is 0 Å². The molecule has 0 atom stereocenters. The zero-order valence-electron chi connectivity index (χ0n) is 8.62. The Hall–Kier alpha value is -1.70. The van der Waals surface area contributed by atoms with Gasteiger partial charge in [-0.1, -0.05) is 5.16 Å². The Morgan fingerprint density at radius 2 is 2.00 bits per heavy atom. The number of phenolic OH excluding ortho intramolecular Hbond substituents is 1. The van der Waals surface area contributed by atoms with E-state index < -0.39 is 17.5 Å². The van der Waals surface area contributed by atoms with Crippen molar-refractivity contribution < 1.29 is 22.8 Å². The van der Waals surface area contributed by atoms with Crippen molar-refractivity contribution in [3.05, 3.63) is 28.4 Å². The number of hydrogen-bond acceptors (Lipinski definition) is 4. The molecule has 8 heteroatoms. The Balaban J connectivity index is 2.66. The molecule has 96 valence electrons. The van der Waals surface area contributed by atoms with Gasteiger partial charge in [-0.15, -0.1) is 0 Å². The van der Waals surface area contributed by atoms with Gasteiger partial charge in [0.2, 0.25) is 5.88 Å². The average Bonchev–Trinajstić information content (AvgIpc) is 2.66. The van der Waals surface area contributed by atoms with Crippen LogP contribution >= 0.6 is 15.9 Å². The van der Waals surface area contributed by atoms with Crippen molar-refractivity contribution in [3.63, 3.8) is 0 Å². The molecule has 0 aliphatic carbocycles. The van der Waals surface area contributed by atoms with Gasteiger partial charge in [-0.2, -0.15) is 13.2 Å². The minimum absolute atomic E-state index is 0.0899. The Morgan fingerprint density at radius 3 is 2.50 bits per heavy atom. The first-order valence-corrected chi connectivity index (χ1v) is 5.40. The van der Waals surface area contributed by atoms with Crippen molar-refractivity contribution in [1.29, 1.82) is 0 Å². The van der Waals surface area contributed by atoms with Gasteiger partial charge in [-0.05, 0) is 33.6 Å². The van der Waals surface area contributed by atoms with Gasteiger partial charge < -0.3 is 15.4 Å². The maximum atomic E-state index is 12.7. The number of nitrogen functional groups attached to an aromatic ring is 1. The third-order valence-corrected chi connectivity index (χ3v) is 2.88. The van der Waals surface area contributed by atoms with Crippen molar-refractivity contribution in [1.82, 2.24) is 5.16 Å². The molecule has 0 amide bonds. The van der Waals surface area contributed by atoms with E-state index in [-0.39, 0.29) is 21.5 Å². The van der Waals surface area contributed by atoms with Gasteiger partial charge >= 0.3 is 6.18 Å². The van der Waals surface area contributed by atoms with E-state index in [0.29, 0.717) is 0 Å². The summed E-state index contributed by atoms with van der Waals surface area (Å²) in [5.41, 5.74) is 4.64. The van der Waals surface area contributed by atoms with E-state index in [2.05, 4.69) is 25.6 Å². The molecule has 0 saturated carbocycles. The fourth-order valence-corrected chi connectivity index (χ4v) is 1.90. The van der Waals surface area contributed by atoms with Gasteiger partial charge in [-0.3, -0.25) is 0 Å². The lowest BCUT2D eigenvalue weighted by molar-refractivity contribution is -0.138. The summed E-state index contributed by atoms with van der Waals surface area (Å²) < 4.78 is 42.6. The summed E-state index contributed by atoms with van der Waals surface area (Å²) in [6.45, 7) is 0. The molecule has 2 rings (SSSR count). The molecule has 0 unspecified atom stereocenters. The molecule has 0 aliphatic heterocycles. The van der Waals surface area contributed by atoms with Gasteiger partial charge in [0.05, 0.1) is 21.8 Å². The normalized spacial score (nSPS) is 11.8. The molecule has 18 heavy (non-hydrogen) atoms. The maximum absolute atomic E-state index is 12.7. The Bertz CT molecular complexity index is 595. The largest absolute Gasteiger partial charge is 0.506 e. The van der Waals surface area contributed by atoms with Gasteiger partial charge in [0.15, 0.2) is 0 Å². The average molecular weight is 323 g/mol. The monoisotopic (exact) mass is 322 g/mol. The first kappa shape index (κ1) is 12.7. The minimum atomic E-state index is -4.67. The fraction of sp³-hybridized carbons (Fsp3) is 0.100. The zero-order valence-corrected chi connectivity index (χ0v) is 10.2. The molecule has 2 aromatic rings. The summed E-state index contributed by atoms with van der Waals surface area (Å²) in [5.74, 6) is -0.970. The number of nitrogens with two attached hydrogens (primary N) is 1. The summed E-state index contributed by atoms with van der Waals surface area (Å²) in [7, 11) is 0. The minimum Gasteiger partial charge on any atom is -0.506 e. The second-order valence-corrected chi connectivity index (χ2v) is 4.31. The van der Waals surface area contributed by atoms with Crippen LogP contribution in [-0.4, -0.2) is 10.3 Å². The molecular weight excluding hydrogens is 317 g/mol. The smallest absolute Gasteiger partial charge is 0.420 e. The zero-order chi connectivity index (χ0) is 13.5. The first-order valence-electron chi connectivity index (χ1n) is 4.61. The van der Waals surface area contributed by atoms with E-state index in [1.165, 1.54) is 12.3 Å². The number of benzene rings is 1. The van der Waals surface area contributed by atoms with Crippen molar-refractivity contribution in [2.75, 3.05) is 5.73 Å². The van der Waals surface area contributed by atoms with E-state index in [9.17, 15) is 18.3 Å². The van der Waals surface area contributed by atoms with Crippen molar-refractivity contribution in [3.8, 4) is 16.9 Å². The van der Waals surface area contributed by atoms with Crippen LogP contribution < -0.4 is 5.73 Å². The van der Waals surface area contributed by atoms with Gasteiger partial charge in [0.1, 0.15) is 5.75 Å². The quantitative estimate of drug-likeness (QED) is 0.843. The standard InChI is InChI=1S/C10H6BrF3N2O2/c11-7-2-4(5-3-16-18-9(5)15)1-6(8(7)17)10(12,13)14/h1-3,17H,15H2. The van der Waals surface area contributed by atoms with Crippen LogP contribution in [0.3, 0.4) is 0 Å². The highest BCUT2D eigenvalue weighted by Crippen LogP contribution is 2.43. The Kier molecular flexibility index (Phi) is 2.97. The fourth-order valence-electron chi connectivity index (χ4n) is 1.44. The maximum Gasteiger partial charge on any atom is 0.420 e. The van der Waals surface area contributed by atoms with Crippen LogP contribution in [0.1, 0.15) is 5.56 Å². The van der Waals surface area contributed by atoms with Gasteiger partial charge in [0.25, 0.3) is 0 Å². The third kappa shape index (κ3) is 2.15. The molecule has 0 radical (unpaired) electrons. The summed E-state index contributed by atoms with van der Waals surface area (Å²) in [5, 5.41) is 12.8. The van der Waals surface area contributed by atoms with Crippen LogP contribution in [0.25, 0.3) is 11.1 Å². The molecule has 0 saturated heterocycles. The molecule has 1 aromatic carbocycles. The summed E-state index contributed by atoms with van der Waals surface area (Å²) >= 11 is 2.86. The molecule has 0 fully saturated rings. The SMILES string of the molecule is Nc1oncc1-c1cc(Br)c(O)c(C(F)(F)F)c1. The molecule has 3 N–H and O–H groups in total. The molecule has 0 aliphatic rings. The molecule has 0 bridgehead atoms. The Labute approximate surface area is 107 Å². The molecule has 1 aromatic heterocycles. The third-order valence-electron chi connectivity index (χ3n) is 2.28. The summed E-state index contributed by atoms with van der Waals surface area (Å²) in [6.07, 6.45) is -3.47. The van der Waals surface area contributed by atoms with Crippen LogP contribution in [0, 0.1) is 0 Å². The topological polar surface area (TPSA) is 72.3 Å². The number of hydrogen-bond donors (Lipinski definition) is 2. The summed E-state index contributed by atoms with van der Waals surface area (Å²) in [4.78, 5) is 0. The second kappa shape index (κ2) is 4.20. The molecule has 1 heterocycles. The lowest BCUT2D eigenvalue weighted by atomic mass is 10.0. The van der Waals surface area contributed by atoms with E-state index in [1.807, 2.05) is 0 Å². The predicted octanol–water partition coefficient (Wildman–Crippen LogP) is 3.41. The van der Waals surface area contributed by atoms with Crippen LogP contribution in [0.5, 0.6) is 5.75 Å². The van der Waals surface area contributed by atoms with E-state index >= 15 is 0 Å². The van der Waals surface area contributed by atoms with Crippen LogP contribution in [0.4, 0.5) is 19.1 Å². The highest BCUT2D eigenvalue weighted by atomic mass is 79.9. The van der Waals surface area contributed by atoms with Crippen molar-refractivity contribution in [2.45, 2.75) is 6.18 Å². The van der Waals surface area contributed by atoms with Gasteiger partial charge in [-0.25, -0.2) is 0 Å². The van der Waals surface area contributed by atoms with Gasteiger partial charge in [0, 0.05) is 0 Å². The highest BCUT2D eigenvalue weighted by Gasteiger charge is 2.35. The Morgan fingerprint density at radius 1 is 1.33 bits per heavy atom. The molecular formula is C10H6BrF3N2O2. The van der Waals surface area contributed by atoms with Crippen LogP contribution in [-0.2, 0) is 6.18 Å². The number of aromatic nitrogens is 1. The number of alkyl halides is 3. The molecule has 0 spiro atoms. The summed E-state index contributed by atoms with van der Waals surface area (Å²) in [6, 6.07) is 2.08. The van der Waals surface area contributed by atoms with Crippen molar-refractivity contribution in [2.24, 2.45) is 0 Å². The second-order valence-electron chi connectivity index (χ2n) is 3.46. The number of phenols is 1. The number of nitrogens with zero attached hydrogens (tertiary/aromatic N) is 1. The number of aromatic hydroxyl groups is 1. The first-order chi connectivity index (χ1) is 8.30. The van der Waals surface area contributed by atoms with E-state index in [0.717, 1.165) is 6.07 Å². The van der Waals surface area contributed by atoms with Crippen LogP contribution in [0.2, 0.25) is 0 Å². The lowest BCUT2D eigenvalue weighted by Crippen LogP contribution is -2.06. The number of rotatable bonds is 1. The highest BCUT2D eigenvalue weighted by molar-refractivity contribution is 9.10. The predicted molar refractivity (Wildman–Crippen MR) is 60.7 cm³/mol. The lowest BCUT2D eigenvalue weighted by Gasteiger charge is -2.12. The number of anilines is 1. The number of halogens is 4. The molecule has 4 nitrogen and oxygen atoms in total. The van der Waals surface area contributed by atoms with E-state index in [4.69, 9.17) is 5.73 Å². The van der Waals surface area contributed by atoms with Crippen LogP contribution in [0.15, 0.2) is 27.3 Å². The van der Waals surface area contributed by atoms with Crippen molar-refractivity contribution >= 4 is 21.8 Å².